The summed E-state index contributed by atoms with van der Waals surface area (Å²) in [5, 5.41) is 9.01. The monoisotopic (exact) mass is 349 g/mol. The lowest BCUT2D eigenvalue weighted by atomic mass is 10.0. The molecule has 0 radical (unpaired) electrons. The molecule has 0 aliphatic carbocycles. The topological polar surface area (TPSA) is 92.7 Å². The van der Waals surface area contributed by atoms with Crippen LogP contribution >= 0.6 is 11.6 Å². The van der Waals surface area contributed by atoms with Gasteiger partial charge in [0.05, 0.1) is 11.5 Å². The number of hydrogen-bond donors (Lipinski definition) is 2. The molecule has 22 heavy (non-hydrogen) atoms. The predicted octanol–water partition coefficient (Wildman–Crippen LogP) is 2.41. The van der Waals surface area contributed by atoms with Gasteiger partial charge in [-0.05, 0) is 44.0 Å². The fourth-order valence-electron chi connectivity index (χ4n) is 1.92. The highest BCUT2D eigenvalue weighted by Crippen LogP contribution is 2.22. The van der Waals surface area contributed by atoms with Crippen molar-refractivity contribution in [1.29, 1.82) is 0 Å². The van der Waals surface area contributed by atoms with Gasteiger partial charge in [-0.25, -0.2) is 13.1 Å². The summed E-state index contributed by atoms with van der Waals surface area (Å²) >= 11 is 5.94. The van der Waals surface area contributed by atoms with Gasteiger partial charge in [-0.1, -0.05) is 11.6 Å². The Morgan fingerprint density at radius 3 is 2.55 bits per heavy atom. The smallest absolute Gasteiger partial charge is 0.303 e. The molecule has 0 atom stereocenters. The minimum Gasteiger partial charge on any atom is -0.481 e. The molecule has 0 spiro atoms. The molecule has 0 amide bonds. The van der Waals surface area contributed by atoms with E-state index >= 15 is 0 Å². The van der Waals surface area contributed by atoms with Crippen molar-refractivity contribution in [1.82, 2.24) is 4.72 Å². The van der Waals surface area contributed by atoms with Crippen molar-refractivity contribution in [3.63, 3.8) is 0 Å². The number of benzene rings is 1. The molecule has 2 N–H and O–H groups in total. The zero-order valence-corrected chi connectivity index (χ0v) is 14.3. The first kappa shape index (κ1) is 18.9. The van der Waals surface area contributed by atoms with Crippen LogP contribution in [0.3, 0.4) is 0 Å². The third-order valence-corrected chi connectivity index (χ3v) is 4.82. The normalized spacial score (nSPS) is 12.4. The predicted molar refractivity (Wildman–Crippen MR) is 83.4 cm³/mol. The fourth-order valence-corrected chi connectivity index (χ4v) is 3.78. The second kappa shape index (κ2) is 7.41. The molecule has 0 heterocycles. The Kier molecular flexibility index (Phi) is 6.37. The number of nitrogens with one attached hydrogen (secondary N) is 1. The molecule has 0 bridgehead atoms. The van der Waals surface area contributed by atoms with Crippen molar-refractivity contribution in [2.75, 3.05) is 7.11 Å². The van der Waals surface area contributed by atoms with Crippen molar-refractivity contribution in [3.05, 3.63) is 28.8 Å². The van der Waals surface area contributed by atoms with E-state index < -0.39 is 21.5 Å². The van der Waals surface area contributed by atoms with E-state index in [2.05, 4.69) is 4.72 Å². The van der Waals surface area contributed by atoms with Crippen molar-refractivity contribution >= 4 is 27.6 Å². The van der Waals surface area contributed by atoms with Gasteiger partial charge in [0.25, 0.3) is 0 Å². The number of carboxylic acid groups (broad SMARTS) is 1. The maximum Gasteiger partial charge on any atom is 0.303 e. The zero-order valence-electron chi connectivity index (χ0n) is 12.7. The van der Waals surface area contributed by atoms with Crippen molar-refractivity contribution in [2.45, 2.75) is 43.7 Å². The average Bonchev–Trinajstić information content (AvgIpc) is 2.35. The Morgan fingerprint density at radius 2 is 2.00 bits per heavy atom. The highest BCUT2D eigenvalue weighted by atomic mass is 35.5. The minimum atomic E-state index is -3.81. The Morgan fingerprint density at radius 1 is 1.36 bits per heavy atom. The number of halogens is 1. The van der Waals surface area contributed by atoms with Gasteiger partial charge < -0.3 is 9.84 Å². The summed E-state index contributed by atoms with van der Waals surface area (Å²) in [4.78, 5) is 10.7. The number of methoxy groups -OCH3 is 1. The van der Waals surface area contributed by atoms with Crippen LogP contribution in [-0.4, -0.2) is 32.1 Å². The minimum absolute atomic E-state index is 0.0236. The van der Waals surface area contributed by atoms with E-state index in [9.17, 15) is 13.2 Å². The molecule has 0 unspecified atom stereocenters. The van der Waals surface area contributed by atoms with E-state index in [0.717, 1.165) is 0 Å². The van der Waals surface area contributed by atoms with Crippen LogP contribution in [0.25, 0.3) is 0 Å². The average molecular weight is 350 g/mol. The van der Waals surface area contributed by atoms with Gasteiger partial charge in [0.2, 0.25) is 10.0 Å². The van der Waals surface area contributed by atoms with Crippen LogP contribution in [0.1, 0.15) is 32.3 Å². The molecule has 0 fully saturated rings. The van der Waals surface area contributed by atoms with E-state index in [0.29, 0.717) is 10.6 Å². The highest BCUT2D eigenvalue weighted by Gasteiger charge is 2.27. The Labute approximate surface area is 135 Å². The lowest BCUT2D eigenvalue weighted by Crippen LogP contribution is -2.43. The van der Waals surface area contributed by atoms with Gasteiger partial charge in [-0.15, -0.1) is 0 Å². The molecule has 8 heteroatoms. The molecule has 0 aliphatic heterocycles. The van der Waals surface area contributed by atoms with Crippen LogP contribution in [0.2, 0.25) is 5.02 Å². The Bertz CT molecular complexity index is 643. The second-order valence-corrected chi connectivity index (χ2v) is 7.73. The molecule has 0 saturated carbocycles. The maximum absolute atomic E-state index is 12.4. The SMILES string of the molecule is COCc1cc(Cl)cc(S(=O)(=O)NC(C)(C)CCC(=O)O)c1. The van der Waals surface area contributed by atoms with Crippen LogP contribution in [0, 0.1) is 0 Å². The maximum atomic E-state index is 12.4. The molecule has 1 rings (SSSR count). The van der Waals surface area contributed by atoms with E-state index in [-0.39, 0.29) is 24.3 Å². The van der Waals surface area contributed by atoms with Gasteiger partial charge >= 0.3 is 5.97 Å². The zero-order chi connectivity index (χ0) is 17.0. The third kappa shape index (κ3) is 5.92. The number of hydrogen-bond acceptors (Lipinski definition) is 4. The molecular weight excluding hydrogens is 330 g/mol. The number of carboxylic acids is 1. The first-order valence-electron chi connectivity index (χ1n) is 6.60. The summed E-state index contributed by atoms with van der Waals surface area (Å²) in [6.45, 7) is 3.51. The number of rotatable bonds is 8. The molecule has 6 nitrogen and oxygen atoms in total. The van der Waals surface area contributed by atoms with Crippen molar-refractivity contribution in [2.24, 2.45) is 0 Å². The van der Waals surface area contributed by atoms with Crippen LogP contribution in [0.5, 0.6) is 0 Å². The van der Waals surface area contributed by atoms with Crippen LogP contribution in [-0.2, 0) is 26.2 Å². The van der Waals surface area contributed by atoms with E-state index in [1.807, 2.05) is 0 Å². The van der Waals surface area contributed by atoms with Crippen LogP contribution in [0.15, 0.2) is 23.1 Å². The molecule has 1 aromatic carbocycles. The van der Waals surface area contributed by atoms with Gasteiger partial charge in [0, 0.05) is 24.1 Å². The Hall–Kier alpha value is -1.15. The van der Waals surface area contributed by atoms with Gasteiger partial charge in [0.15, 0.2) is 0 Å². The summed E-state index contributed by atoms with van der Waals surface area (Å²) in [5.74, 6) is -0.975. The summed E-state index contributed by atoms with van der Waals surface area (Å²) in [5.41, 5.74) is -0.250. The summed E-state index contributed by atoms with van der Waals surface area (Å²) in [6.07, 6.45) is 0.0487. The molecule has 0 aliphatic rings. The van der Waals surface area contributed by atoms with Crippen LogP contribution in [0.4, 0.5) is 0 Å². The standard InChI is InChI=1S/C14H20ClNO5S/c1-14(2,5-4-13(17)18)16-22(19,20)12-7-10(9-21-3)6-11(15)8-12/h6-8,16H,4-5,9H2,1-3H3,(H,17,18). The van der Waals surface area contributed by atoms with Crippen LogP contribution < -0.4 is 4.72 Å². The van der Waals surface area contributed by atoms with E-state index in [4.69, 9.17) is 21.4 Å². The third-order valence-electron chi connectivity index (χ3n) is 2.93. The lowest BCUT2D eigenvalue weighted by molar-refractivity contribution is -0.137. The summed E-state index contributed by atoms with van der Waals surface area (Å²) in [6, 6.07) is 4.45. The summed E-state index contributed by atoms with van der Waals surface area (Å²) < 4.78 is 32.4. The van der Waals surface area contributed by atoms with Crippen molar-refractivity contribution in [3.8, 4) is 0 Å². The molecule has 0 saturated heterocycles. The van der Waals surface area contributed by atoms with Gasteiger partial charge in [-0.3, -0.25) is 4.79 Å². The van der Waals surface area contributed by atoms with E-state index in [1.54, 1.807) is 19.9 Å². The Balaban J connectivity index is 3.01. The second-order valence-electron chi connectivity index (χ2n) is 5.61. The van der Waals surface area contributed by atoms with E-state index in [1.165, 1.54) is 19.2 Å². The fraction of sp³-hybridized carbons (Fsp3) is 0.500. The quantitative estimate of drug-likeness (QED) is 0.751. The highest BCUT2D eigenvalue weighted by molar-refractivity contribution is 7.89. The van der Waals surface area contributed by atoms with Crippen molar-refractivity contribution < 1.29 is 23.1 Å². The molecule has 0 aromatic heterocycles. The summed E-state index contributed by atoms with van der Waals surface area (Å²) in [7, 11) is -2.31. The number of sulfonamides is 1. The number of carbonyl (C=O) groups is 1. The van der Waals surface area contributed by atoms with Gasteiger partial charge in [0.1, 0.15) is 0 Å². The first-order chi connectivity index (χ1) is 10.1. The molecule has 1 aromatic rings. The lowest BCUT2D eigenvalue weighted by Gasteiger charge is -2.25. The van der Waals surface area contributed by atoms with Gasteiger partial charge in [-0.2, -0.15) is 0 Å². The molecular formula is C14H20ClNO5S. The molecule has 124 valence electrons. The number of ether oxygens (including phenoxy) is 1. The first-order valence-corrected chi connectivity index (χ1v) is 8.46. The largest absolute Gasteiger partial charge is 0.481 e. The number of aliphatic carboxylic acids is 1.